The van der Waals surface area contributed by atoms with E-state index < -0.39 is 10.0 Å². The number of amides is 1. The number of aromatic nitrogens is 2. The smallest absolute Gasteiger partial charge is 0.262 e. The quantitative estimate of drug-likeness (QED) is 0.373. The fourth-order valence-corrected chi connectivity index (χ4v) is 5.34. The molecule has 0 aliphatic rings. The summed E-state index contributed by atoms with van der Waals surface area (Å²) in [6.45, 7) is 7.82. The molecule has 0 saturated carbocycles. The fraction of sp³-hybridized carbons (Fsp3) is 0.185. The van der Waals surface area contributed by atoms with E-state index in [-0.39, 0.29) is 10.8 Å². The lowest BCUT2D eigenvalue weighted by molar-refractivity contribution is 0.102. The number of sulfonamides is 1. The SMILES string of the molecule is Cc1cccc(NS(=O)(=O)c2cc(NC(=O)c3c(C)nn(Cc4ccccc4)c3C)ccc2C)c1. The van der Waals surface area contributed by atoms with E-state index in [9.17, 15) is 13.2 Å². The minimum Gasteiger partial charge on any atom is -0.322 e. The number of nitrogens with zero attached hydrogens (tertiary/aromatic N) is 2. The van der Waals surface area contributed by atoms with E-state index in [4.69, 9.17) is 0 Å². The first-order chi connectivity index (χ1) is 16.6. The summed E-state index contributed by atoms with van der Waals surface area (Å²) in [5, 5.41) is 7.39. The number of carbonyl (C=O) groups excluding carboxylic acids is 1. The average Bonchev–Trinajstić information content (AvgIpc) is 3.08. The van der Waals surface area contributed by atoms with Crippen LogP contribution in [0, 0.1) is 27.7 Å². The van der Waals surface area contributed by atoms with Gasteiger partial charge in [-0.25, -0.2) is 8.42 Å². The molecule has 8 heteroatoms. The number of anilines is 2. The number of rotatable bonds is 7. The summed E-state index contributed by atoms with van der Waals surface area (Å²) in [6, 6.07) is 21.9. The molecule has 1 aromatic heterocycles. The molecule has 0 radical (unpaired) electrons. The number of hydrogen-bond acceptors (Lipinski definition) is 4. The molecule has 0 aliphatic heterocycles. The molecule has 4 aromatic rings. The van der Waals surface area contributed by atoms with Gasteiger partial charge >= 0.3 is 0 Å². The van der Waals surface area contributed by atoms with Gasteiger partial charge in [0.2, 0.25) is 0 Å². The Hall–Kier alpha value is -3.91. The van der Waals surface area contributed by atoms with E-state index in [1.54, 1.807) is 48.9 Å². The molecule has 0 saturated heterocycles. The summed E-state index contributed by atoms with van der Waals surface area (Å²) < 4.78 is 30.6. The third kappa shape index (κ3) is 5.44. The van der Waals surface area contributed by atoms with E-state index in [1.165, 1.54) is 6.07 Å². The molecule has 180 valence electrons. The van der Waals surface area contributed by atoms with Gasteiger partial charge < -0.3 is 5.32 Å². The molecule has 0 bridgehead atoms. The van der Waals surface area contributed by atoms with Crippen molar-refractivity contribution in [1.29, 1.82) is 0 Å². The second kappa shape index (κ2) is 9.76. The Bertz CT molecular complexity index is 1490. The Balaban J connectivity index is 1.57. The standard InChI is InChI=1S/C27H28N4O3S/c1-18-9-8-12-24(15-18)30-35(33,34)25-16-23(14-13-19(25)2)28-27(32)26-20(3)29-31(21(26)4)17-22-10-6-5-7-11-22/h5-16,30H,17H2,1-4H3,(H,28,32). The van der Waals surface area contributed by atoms with Crippen molar-refractivity contribution in [1.82, 2.24) is 9.78 Å². The van der Waals surface area contributed by atoms with Crippen molar-refractivity contribution < 1.29 is 13.2 Å². The highest BCUT2D eigenvalue weighted by Crippen LogP contribution is 2.24. The molecule has 35 heavy (non-hydrogen) atoms. The first-order valence-electron chi connectivity index (χ1n) is 11.2. The Morgan fingerprint density at radius 3 is 2.34 bits per heavy atom. The minimum absolute atomic E-state index is 0.102. The molecule has 0 atom stereocenters. The highest BCUT2D eigenvalue weighted by atomic mass is 32.2. The van der Waals surface area contributed by atoms with Crippen LogP contribution in [0.2, 0.25) is 0 Å². The number of benzene rings is 3. The van der Waals surface area contributed by atoms with Crippen molar-refractivity contribution >= 4 is 27.3 Å². The number of nitrogens with one attached hydrogen (secondary N) is 2. The van der Waals surface area contributed by atoms with Gasteiger partial charge in [0.25, 0.3) is 15.9 Å². The second-order valence-electron chi connectivity index (χ2n) is 8.60. The van der Waals surface area contributed by atoms with E-state index >= 15 is 0 Å². The van der Waals surface area contributed by atoms with Crippen molar-refractivity contribution in [3.63, 3.8) is 0 Å². The summed E-state index contributed by atoms with van der Waals surface area (Å²) in [4.78, 5) is 13.3. The van der Waals surface area contributed by atoms with Crippen LogP contribution in [0.15, 0.2) is 77.7 Å². The molecule has 0 spiro atoms. The van der Waals surface area contributed by atoms with Gasteiger partial charge in [-0.3, -0.25) is 14.2 Å². The maximum Gasteiger partial charge on any atom is 0.262 e. The van der Waals surface area contributed by atoms with Gasteiger partial charge in [0, 0.05) is 17.1 Å². The first kappa shape index (κ1) is 24.2. The van der Waals surface area contributed by atoms with E-state index in [2.05, 4.69) is 15.1 Å². The van der Waals surface area contributed by atoms with Crippen LogP contribution in [0.3, 0.4) is 0 Å². The minimum atomic E-state index is -3.85. The van der Waals surface area contributed by atoms with Gasteiger partial charge in [0.15, 0.2) is 0 Å². The molecule has 2 N–H and O–H groups in total. The topological polar surface area (TPSA) is 93.1 Å². The normalized spacial score (nSPS) is 11.3. The van der Waals surface area contributed by atoms with Gasteiger partial charge in [0.05, 0.1) is 22.7 Å². The number of hydrogen-bond donors (Lipinski definition) is 2. The largest absolute Gasteiger partial charge is 0.322 e. The molecule has 0 fully saturated rings. The molecular formula is C27H28N4O3S. The van der Waals surface area contributed by atoms with E-state index in [1.807, 2.05) is 50.2 Å². The predicted molar refractivity (Wildman–Crippen MR) is 138 cm³/mol. The third-order valence-corrected chi connectivity index (χ3v) is 7.31. The molecule has 0 aliphatic carbocycles. The van der Waals surface area contributed by atoms with Gasteiger partial charge in [-0.1, -0.05) is 48.5 Å². The zero-order valence-corrected chi connectivity index (χ0v) is 21.0. The van der Waals surface area contributed by atoms with Crippen molar-refractivity contribution in [2.45, 2.75) is 39.1 Å². The summed E-state index contributed by atoms with van der Waals surface area (Å²) in [7, 11) is -3.85. The van der Waals surface area contributed by atoms with E-state index in [0.29, 0.717) is 34.7 Å². The molecule has 7 nitrogen and oxygen atoms in total. The van der Waals surface area contributed by atoms with Crippen LogP contribution in [-0.4, -0.2) is 24.1 Å². The van der Waals surface area contributed by atoms with Crippen LogP contribution in [-0.2, 0) is 16.6 Å². The average molecular weight is 489 g/mol. The van der Waals surface area contributed by atoms with Gasteiger partial charge in [0.1, 0.15) is 0 Å². The van der Waals surface area contributed by atoms with Crippen molar-refractivity contribution in [3.8, 4) is 0 Å². The van der Waals surface area contributed by atoms with Crippen LogP contribution in [0.4, 0.5) is 11.4 Å². The monoisotopic (exact) mass is 488 g/mol. The highest BCUT2D eigenvalue weighted by molar-refractivity contribution is 7.92. The third-order valence-electron chi connectivity index (χ3n) is 5.79. The zero-order chi connectivity index (χ0) is 25.2. The number of aryl methyl sites for hydroxylation is 3. The highest BCUT2D eigenvalue weighted by Gasteiger charge is 2.21. The summed E-state index contributed by atoms with van der Waals surface area (Å²) in [5.41, 5.74) is 5.30. The van der Waals surface area contributed by atoms with Crippen molar-refractivity contribution in [2.75, 3.05) is 10.0 Å². The maximum absolute atomic E-state index is 13.2. The zero-order valence-electron chi connectivity index (χ0n) is 20.2. The molecule has 0 unspecified atom stereocenters. The van der Waals surface area contributed by atoms with E-state index in [0.717, 1.165) is 16.8 Å². The lowest BCUT2D eigenvalue weighted by Crippen LogP contribution is -2.17. The lowest BCUT2D eigenvalue weighted by atomic mass is 10.1. The van der Waals surface area contributed by atoms with Crippen LogP contribution >= 0.6 is 0 Å². The Morgan fingerprint density at radius 1 is 0.886 bits per heavy atom. The van der Waals surface area contributed by atoms with Crippen molar-refractivity contribution in [2.24, 2.45) is 0 Å². The van der Waals surface area contributed by atoms with Gasteiger partial charge in [-0.05, 0) is 68.7 Å². The predicted octanol–water partition coefficient (Wildman–Crippen LogP) is 5.22. The Labute approximate surface area is 205 Å². The van der Waals surface area contributed by atoms with Crippen LogP contribution in [0.1, 0.15) is 38.4 Å². The Kier molecular flexibility index (Phi) is 6.75. The van der Waals surface area contributed by atoms with Gasteiger partial charge in [-0.2, -0.15) is 5.10 Å². The summed E-state index contributed by atoms with van der Waals surface area (Å²) in [5.74, 6) is -0.335. The van der Waals surface area contributed by atoms with Crippen molar-refractivity contribution in [3.05, 3.63) is 106 Å². The Morgan fingerprint density at radius 2 is 1.63 bits per heavy atom. The summed E-state index contributed by atoms with van der Waals surface area (Å²) >= 11 is 0. The lowest BCUT2D eigenvalue weighted by Gasteiger charge is -2.13. The maximum atomic E-state index is 13.2. The molecule has 1 amide bonds. The van der Waals surface area contributed by atoms with Gasteiger partial charge in [-0.15, -0.1) is 0 Å². The first-order valence-corrected chi connectivity index (χ1v) is 12.7. The molecular weight excluding hydrogens is 460 g/mol. The molecule has 1 heterocycles. The fourth-order valence-electron chi connectivity index (χ4n) is 4.02. The second-order valence-corrected chi connectivity index (χ2v) is 10.2. The molecule has 3 aromatic carbocycles. The van der Waals surface area contributed by atoms with Crippen LogP contribution in [0.25, 0.3) is 0 Å². The van der Waals surface area contributed by atoms with Crippen LogP contribution < -0.4 is 10.0 Å². The van der Waals surface area contributed by atoms with Crippen LogP contribution in [0.5, 0.6) is 0 Å². The summed E-state index contributed by atoms with van der Waals surface area (Å²) in [6.07, 6.45) is 0. The molecule has 4 rings (SSSR count). The number of carbonyl (C=O) groups is 1.